The van der Waals surface area contributed by atoms with Crippen LogP contribution in [0.4, 0.5) is 4.39 Å². The van der Waals surface area contributed by atoms with E-state index in [0.29, 0.717) is 32.0 Å². The zero-order valence-corrected chi connectivity index (χ0v) is 18.2. The van der Waals surface area contributed by atoms with Gasteiger partial charge in [-0.05, 0) is 36.7 Å². The lowest BCUT2D eigenvalue weighted by molar-refractivity contribution is 0.0648. The van der Waals surface area contributed by atoms with Crippen molar-refractivity contribution in [2.45, 2.75) is 38.1 Å². The van der Waals surface area contributed by atoms with E-state index in [0.717, 1.165) is 36.5 Å². The van der Waals surface area contributed by atoms with Gasteiger partial charge in [-0.2, -0.15) is 0 Å². The normalized spacial score (nSPS) is 21.1. The molecule has 32 heavy (non-hydrogen) atoms. The molecule has 1 spiro atoms. The van der Waals surface area contributed by atoms with E-state index in [1.807, 2.05) is 41.0 Å². The molecule has 2 aliphatic heterocycles. The number of amides is 1. The first-order valence-corrected chi connectivity index (χ1v) is 10.9. The summed E-state index contributed by atoms with van der Waals surface area (Å²) in [5.74, 6) is 0.770. The molecule has 1 saturated heterocycles. The molecule has 166 valence electrons. The number of aromatic nitrogens is 3. The zero-order valence-electron chi connectivity index (χ0n) is 18.2. The Morgan fingerprint density at radius 3 is 2.72 bits per heavy atom. The Bertz CT molecular complexity index is 1120. The summed E-state index contributed by atoms with van der Waals surface area (Å²) in [5, 5.41) is 11.5. The van der Waals surface area contributed by atoms with E-state index in [4.69, 9.17) is 0 Å². The Morgan fingerprint density at radius 1 is 1.09 bits per heavy atom. The predicted octanol–water partition coefficient (Wildman–Crippen LogP) is 2.44. The number of benzene rings is 2. The van der Waals surface area contributed by atoms with Crippen LogP contribution in [0.15, 0.2) is 54.6 Å². The number of rotatable bonds is 5. The predicted molar refractivity (Wildman–Crippen MR) is 118 cm³/mol. The molecule has 1 atom stereocenters. The zero-order chi connectivity index (χ0) is 22.1. The number of carbonyl (C=O) groups is 1. The topological polar surface area (TPSA) is 66.3 Å². The highest BCUT2D eigenvalue weighted by Crippen LogP contribution is 2.34. The lowest BCUT2D eigenvalue weighted by Crippen LogP contribution is -2.55. The van der Waals surface area contributed by atoms with E-state index < -0.39 is 0 Å². The van der Waals surface area contributed by atoms with Gasteiger partial charge in [0.25, 0.3) is 5.91 Å². The summed E-state index contributed by atoms with van der Waals surface area (Å²) in [6.45, 7) is 4.25. The number of halogens is 1. The fraction of sp³-hybridized carbons (Fsp3) is 0.375. The molecule has 1 fully saturated rings. The van der Waals surface area contributed by atoms with Gasteiger partial charge in [0.15, 0.2) is 0 Å². The summed E-state index contributed by atoms with van der Waals surface area (Å²) in [4.78, 5) is 17.6. The number of hydrogen-bond acceptors (Lipinski definition) is 5. The molecule has 1 amide bonds. The molecule has 0 bridgehead atoms. The summed E-state index contributed by atoms with van der Waals surface area (Å²) in [6, 6.07) is 16.6. The third-order valence-corrected chi connectivity index (χ3v) is 6.67. The van der Waals surface area contributed by atoms with Crippen molar-refractivity contribution < 1.29 is 9.18 Å². The molecule has 8 heteroatoms. The van der Waals surface area contributed by atoms with E-state index in [1.165, 1.54) is 6.07 Å². The van der Waals surface area contributed by atoms with Crippen LogP contribution in [0.3, 0.4) is 0 Å². The minimum absolute atomic E-state index is 0.100. The van der Waals surface area contributed by atoms with Crippen molar-refractivity contribution in [2.24, 2.45) is 0 Å². The second kappa shape index (κ2) is 8.44. The van der Waals surface area contributed by atoms with E-state index in [-0.39, 0.29) is 17.3 Å². The summed E-state index contributed by atoms with van der Waals surface area (Å²) >= 11 is 0. The highest BCUT2D eigenvalue weighted by atomic mass is 19.1. The lowest BCUT2D eigenvalue weighted by atomic mass is 9.94. The fourth-order valence-corrected chi connectivity index (χ4v) is 4.85. The van der Waals surface area contributed by atoms with Crippen LogP contribution in [0, 0.1) is 5.82 Å². The van der Waals surface area contributed by atoms with Gasteiger partial charge < -0.3 is 9.88 Å². The minimum Gasteiger partial charge on any atom is -0.345 e. The summed E-state index contributed by atoms with van der Waals surface area (Å²) in [7, 11) is 2.11. The molecule has 0 saturated carbocycles. The standard InChI is InChI=1S/C24H27FN6O/c1-29-15-21-27-28-22(23(32)26-13-18-6-3-2-4-7-18)31(21)17-24(29)10-11-30(16-24)14-19-8-5-9-20(25)12-19/h2-9,12H,10-11,13-17H2,1H3,(H,26,32). The van der Waals surface area contributed by atoms with Crippen LogP contribution >= 0.6 is 0 Å². The smallest absolute Gasteiger partial charge is 0.289 e. The molecule has 3 aromatic rings. The number of carbonyl (C=O) groups excluding carboxylic acids is 1. The highest BCUT2D eigenvalue weighted by molar-refractivity contribution is 5.90. The number of nitrogens with one attached hydrogen (secondary N) is 1. The van der Waals surface area contributed by atoms with E-state index >= 15 is 0 Å². The maximum absolute atomic E-state index is 13.6. The number of fused-ring (bicyclic) bond motifs is 1. The van der Waals surface area contributed by atoms with Crippen molar-refractivity contribution in [1.29, 1.82) is 0 Å². The van der Waals surface area contributed by atoms with Crippen molar-refractivity contribution in [3.05, 3.63) is 83.2 Å². The quantitative estimate of drug-likeness (QED) is 0.668. The number of likely N-dealkylation sites (N-methyl/N-ethyl adjacent to an activating group) is 1. The second-order valence-electron chi connectivity index (χ2n) is 8.87. The van der Waals surface area contributed by atoms with E-state index in [1.54, 1.807) is 12.1 Å². The Kier molecular flexibility index (Phi) is 5.48. The van der Waals surface area contributed by atoms with Crippen LogP contribution in [0.25, 0.3) is 0 Å². The van der Waals surface area contributed by atoms with Crippen LogP contribution in [-0.2, 0) is 26.2 Å². The summed E-state index contributed by atoms with van der Waals surface area (Å²) in [6.07, 6.45) is 0.974. The van der Waals surface area contributed by atoms with Gasteiger partial charge in [0.05, 0.1) is 12.1 Å². The summed E-state index contributed by atoms with van der Waals surface area (Å²) < 4.78 is 15.6. The largest absolute Gasteiger partial charge is 0.345 e. The van der Waals surface area contributed by atoms with Gasteiger partial charge in [-0.3, -0.25) is 14.6 Å². The van der Waals surface area contributed by atoms with Crippen LogP contribution in [0.2, 0.25) is 0 Å². The third kappa shape index (κ3) is 4.03. The van der Waals surface area contributed by atoms with Gasteiger partial charge in [-0.15, -0.1) is 10.2 Å². The first kappa shape index (κ1) is 20.8. The molecule has 7 nitrogen and oxygen atoms in total. The van der Waals surface area contributed by atoms with Gasteiger partial charge in [0, 0.05) is 32.7 Å². The minimum atomic E-state index is -0.207. The van der Waals surface area contributed by atoms with Crippen LogP contribution < -0.4 is 5.32 Å². The average molecular weight is 435 g/mol. The lowest BCUT2D eigenvalue weighted by Gasteiger charge is -2.42. The Morgan fingerprint density at radius 2 is 1.91 bits per heavy atom. The maximum atomic E-state index is 13.6. The van der Waals surface area contributed by atoms with Crippen LogP contribution in [0.1, 0.15) is 34.0 Å². The van der Waals surface area contributed by atoms with Gasteiger partial charge in [-0.1, -0.05) is 42.5 Å². The molecule has 1 aromatic heterocycles. The van der Waals surface area contributed by atoms with Gasteiger partial charge in [0.1, 0.15) is 11.6 Å². The van der Waals surface area contributed by atoms with E-state index in [2.05, 4.69) is 32.4 Å². The number of hydrogen-bond donors (Lipinski definition) is 1. The molecule has 1 N–H and O–H groups in total. The summed E-state index contributed by atoms with van der Waals surface area (Å²) in [5.41, 5.74) is 1.92. The molecule has 3 heterocycles. The van der Waals surface area contributed by atoms with Gasteiger partial charge in [0.2, 0.25) is 5.82 Å². The van der Waals surface area contributed by atoms with Crippen molar-refractivity contribution in [1.82, 2.24) is 29.9 Å². The Hall–Kier alpha value is -3.10. The van der Waals surface area contributed by atoms with Crippen molar-refractivity contribution in [3.8, 4) is 0 Å². The molecular formula is C24H27FN6O. The molecule has 1 unspecified atom stereocenters. The van der Waals surface area contributed by atoms with Crippen molar-refractivity contribution in [3.63, 3.8) is 0 Å². The molecule has 2 aliphatic rings. The van der Waals surface area contributed by atoms with Crippen molar-refractivity contribution in [2.75, 3.05) is 20.1 Å². The second-order valence-corrected chi connectivity index (χ2v) is 8.87. The Balaban J connectivity index is 1.29. The van der Waals surface area contributed by atoms with Crippen LogP contribution in [-0.4, -0.2) is 56.1 Å². The third-order valence-electron chi connectivity index (χ3n) is 6.67. The molecule has 2 aromatic carbocycles. The van der Waals surface area contributed by atoms with Gasteiger partial charge in [-0.25, -0.2) is 4.39 Å². The SMILES string of the molecule is CN1Cc2nnc(C(=O)NCc3ccccc3)n2CC12CCN(Cc1cccc(F)c1)C2. The molecule has 0 radical (unpaired) electrons. The average Bonchev–Trinajstić information content (AvgIpc) is 3.38. The highest BCUT2D eigenvalue weighted by Gasteiger charge is 2.46. The Labute approximate surface area is 186 Å². The first-order valence-electron chi connectivity index (χ1n) is 10.9. The monoisotopic (exact) mass is 434 g/mol. The first-order chi connectivity index (χ1) is 15.5. The van der Waals surface area contributed by atoms with Gasteiger partial charge >= 0.3 is 0 Å². The molecule has 0 aliphatic carbocycles. The molecular weight excluding hydrogens is 407 g/mol. The van der Waals surface area contributed by atoms with Crippen LogP contribution in [0.5, 0.6) is 0 Å². The fourth-order valence-electron chi connectivity index (χ4n) is 4.85. The van der Waals surface area contributed by atoms with Crippen molar-refractivity contribution >= 4 is 5.91 Å². The van der Waals surface area contributed by atoms with E-state index in [9.17, 15) is 9.18 Å². The number of nitrogens with zero attached hydrogens (tertiary/aromatic N) is 5. The number of likely N-dealkylation sites (tertiary alicyclic amines) is 1. The maximum Gasteiger partial charge on any atom is 0.289 e. The molecule has 5 rings (SSSR count).